The maximum absolute atomic E-state index is 16.5. The van der Waals surface area contributed by atoms with Crippen molar-refractivity contribution in [3.8, 4) is 17.2 Å². The molecule has 2 aliphatic carbocycles. The standard InChI is InChI=1S/C52H57FN4O6/c1-31-46-35(29-57(50(46)61)42-12-13-45(59)54-49(42)60)23-40-48(31)63-30-52(40)16-18-55(19-17-52)28-32-26-51(27-32)14-20-56(21-15-51)43-25-44(62-2)39(24-41(43)53)47-37(33-6-4-3-5-7-33)10-8-34-22-36(58)9-11-38(34)47/h3-7,9,11,22-25,32,37,42,47,58H,8,10,12-21,26-30H2,1-2H3,(H,54,59,60)/t37-,42-,47+/m1/s1. The van der Waals surface area contributed by atoms with E-state index < -0.39 is 6.04 Å². The topological polar surface area (TPSA) is 112 Å². The van der Waals surface area contributed by atoms with Gasteiger partial charge >= 0.3 is 0 Å². The SMILES string of the molecule is COc1cc(N2CCC3(CC2)CC(CN2CCC4(CC2)COc2c4cc4c(c2C)C(=O)N([C@@H]2CCC(=O)NC2=O)C4)C3)c(F)cc1[C@@H]1c2ccc(O)cc2CC[C@@H]1c1ccccc1. The summed E-state index contributed by atoms with van der Waals surface area (Å²) in [5.74, 6) is 1.52. The predicted molar refractivity (Wildman–Crippen MR) is 237 cm³/mol. The maximum atomic E-state index is 16.5. The van der Waals surface area contributed by atoms with Gasteiger partial charge in [-0.15, -0.1) is 0 Å². The van der Waals surface area contributed by atoms with Gasteiger partial charge in [0.1, 0.15) is 29.1 Å². The number of anilines is 1. The smallest absolute Gasteiger partial charge is 0.255 e. The number of hydrogen-bond donors (Lipinski definition) is 2. The lowest BCUT2D eigenvalue weighted by atomic mass is 9.57. The van der Waals surface area contributed by atoms with Gasteiger partial charge in [0.15, 0.2) is 0 Å². The number of halogens is 1. The number of carbonyl (C=O) groups is 3. The lowest BCUT2D eigenvalue weighted by Crippen LogP contribution is -2.52. The molecule has 4 fully saturated rings. The van der Waals surface area contributed by atoms with Crippen LogP contribution in [0.3, 0.4) is 0 Å². The first kappa shape index (κ1) is 40.4. The van der Waals surface area contributed by atoms with Crippen molar-refractivity contribution in [2.24, 2.45) is 11.3 Å². The third-order valence-electron chi connectivity index (χ3n) is 16.5. The summed E-state index contributed by atoms with van der Waals surface area (Å²) in [5, 5.41) is 12.7. The van der Waals surface area contributed by atoms with Gasteiger partial charge in [0, 0.05) is 66.7 Å². The third-order valence-corrected chi connectivity index (χ3v) is 16.5. The Hall–Kier alpha value is -5.42. The molecule has 11 heteroatoms. The van der Waals surface area contributed by atoms with Crippen LogP contribution in [-0.4, -0.2) is 85.1 Å². The van der Waals surface area contributed by atoms with E-state index in [0.29, 0.717) is 47.9 Å². The summed E-state index contributed by atoms with van der Waals surface area (Å²) in [6, 6.07) is 21.3. The van der Waals surface area contributed by atoms with Crippen LogP contribution in [0.15, 0.2) is 66.7 Å². The molecule has 2 spiro atoms. The number of likely N-dealkylation sites (tertiary alicyclic amines) is 1. The number of imide groups is 1. The molecule has 7 aliphatic rings. The molecule has 3 atom stereocenters. The molecule has 4 aromatic carbocycles. The van der Waals surface area contributed by atoms with Crippen molar-refractivity contribution in [3.63, 3.8) is 0 Å². The number of nitrogens with one attached hydrogen (secondary N) is 1. The zero-order valence-electron chi connectivity index (χ0n) is 36.4. The molecular weight excluding hydrogens is 796 g/mol. The van der Waals surface area contributed by atoms with E-state index in [1.807, 2.05) is 31.2 Å². The number of phenols is 1. The summed E-state index contributed by atoms with van der Waals surface area (Å²) in [4.78, 5) is 44.6. The number of aryl methyl sites for hydroxylation is 1. The zero-order chi connectivity index (χ0) is 43.2. The van der Waals surface area contributed by atoms with E-state index in [9.17, 15) is 19.5 Å². The second kappa shape index (κ2) is 15.4. The van der Waals surface area contributed by atoms with E-state index in [2.05, 4.69) is 45.4 Å². The first-order valence-corrected chi connectivity index (χ1v) is 23.2. The van der Waals surface area contributed by atoms with Crippen LogP contribution in [0.2, 0.25) is 0 Å². The Labute approximate surface area is 368 Å². The van der Waals surface area contributed by atoms with E-state index >= 15 is 4.39 Å². The van der Waals surface area contributed by atoms with Gasteiger partial charge < -0.3 is 29.3 Å². The Morgan fingerprint density at radius 3 is 2.41 bits per heavy atom. The first-order valence-electron chi connectivity index (χ1n) is 23.2. The van der Waals surface area contributed by atoms with Crippen molar-refractivity contribution in [2.45, 2.75) is 101 Å². The lowest BCUT2D eigenvalue weighted by Gasteiger charge is -2.54. The fraction of sp³-hybridized carbons (Fsp3) is 0.481. The first-order chi connectivity index (χ1) is 30.5. The van der Waals surface area contributed by atoms with Gasteiger partial charge in [-0.2, -0.15) is 0 Å². The van der Waals surface area contributed by atoms with Crippen LogP contribution in [-0.2, 0) is 28.0 Å². The molecule has 3 amide bonds. The molecule has 0 aromatic heterocycles. The molecule has 5 heterocycles. The van der Waals surface area contributed by atoms with Crippen LogP contribution in [0.4, 0.5) is 10.1 Å². The van der Waals surface area contributed by atoms with Crippen molar-refractivity contribution in [1.82, 2.24) is 15.1 Å². The number of amides is 3. The minimum atomic E-state index is -0.629. The number of hydrogen-bond acceptors (Lipinski definition) is 8. The third kappa shape index (κ3) is 6.79. The summed E-state index contributed by atoms with van der Waals surface area (Å²) in [6.07, 6.45) is 8.93. The quantitative estimate of drug-likeness (QED) is 0.181. The number of fused-ring (bicyclic) bond motifs is 4. The number of carbonyl (C=O) groups excluding carboxylic acids is 3. The highest BCUT2D eigenvalue weighted by atomic mass is 19.1. The zero-order valence-corrected chi connectivity index (χ0v) is 36.4. The van der Waals surface area contributed by atoms with E-state index in [-0.39, 0.29) is 53.0 Å². The summed E-state index contributed by atoms with van der Waals surface area (Å²) in [6.45, 7) is 7.78. The Kier molecular flexibility index (Phi) is 9.86. The van der Waals surface area contributed by atoms with Gasteiger partial charge in [-0.05, 0) is 142 Å². The Bertz CT molecular complexity index is 2500. The van der Waals surface area contributed by atoms with E-state index in [4.69, 9.17) is 9.47 Å². The number of benzene rings is 4. The van der Waals surface area contributed by atoms with Gasteiger partial charge in [0.2, 0.25) is 11.8 Å². The number of rotatable bonds is 7. The average Bonchev–Trinajstić information content (AvgIpc) is 3.80. The maximum Gasteiger partial charge on any atom is 0.255 e. The minimum absolute atomic E-state index is 0.0744. The van der Waals surface area contributed by atoms with Crippen LogP contribution < -0.4 is 19.7 Å². The second-order valence-corrected chi connectivity index (χ2v) is 19.9. The van der Waals surface area contributed by atoms with Crippen molar-refractivity contribution in [1.29, 1.82) is 0 Å². The number of nitrogens with zero attached hydrogens (tertiary/aromatic N) is 3. The highest BCUT2D eigenvalue weighted by Gasteiger charge is 2.50. The fourth-order valence-electron chi connectivity index (χ4n) is 13.1. The molecular formula is C52H57FN4O6. The van der Waals surface area contributed by atoms with E-state index in [0.717, 1.165) is 105 Å². The van der Waals surface area contributed by atoms with Crippen LogP contribution in [0.5, 0.6) is 17.2 Å². The highest BCUT2D eigenvalue weighted by molar-refractivity contribution is 6.06. The van der Waals surface area contributed by atoms with Crippen molar-refractivity contribution in [2.75, 3.05) is 51.3 Å². The molecule has 3 saturated heterocycles. The van der Waals surface area contributed by atoms with Gasteiger partial charge in [-0.3, -0.25) is 19.7 Å². The molecule has 5 aliphatic heterocycles. The summed E-state index contributed by atoms with van der Waals surface area (Å²) in [5.41, 5.74) is 8.90. The van der Waals surface area contributed by atoms with E-state index in [1.54, 1.807) is 24.1 Å². The molecule has 63 heavy (non-hydrogen) atoms. The predicted octanol–water partition coefficient (Wildman–Crippen LogP) is 7.89. The van der Waals surface area contributed by atoms with Gasteiger partial charge in [0.05, 0.1) is 25.0 Å². The number of ether oxygens (including phenoxy) is 2. The van der Waals surface area contributed by atoms with Gasteiger partial charge in [-0.25, -0.2) is 4.39 Å². The molecule has 11 rings (SSSR count). The normalized spacial score (nSPS) is 25.1. The Morgan fingerprint density at radius 2 is 1.67 bits per heavy atom. The van der Waals surface area contributed by atoms with E-state index in [1.165, 1.54) is 24.0 Å². The summed E-state index contributed by atoms with van der Waals surface area (Å²) < 4.78 is 29.0. The van der Waals surface area contributed by atoms with Gasteiger partial charge in [-0.1, -0.05) is 36.4 Å². The molecule has 2 N–H and O–H groups in total. The molecule has 0 bridgehead atoms. The minimum Gasteiger partial charge on any atom is -0.508 e. The largest absolute Gasteiger partial charge is 0.508 e. The monoisotopic (exact) mass is 852 g/mol. The average molecular weight is 853 g/mol. The van der Waals surface area contributed by atoms with Crippen molar-refractivity contribution in [3.05, 3.63) is 117 Å². The fourth-order valence-corrected chi connectivity index (χ4v) is 13.1. The number of piperidine rings is 3. The second-order valence-electron chi connectivity index (χ2n) is 19.9. The van der Waals surface area contributed by atoms with Crippen LogP contribution in [0.25, 0.3) is 0 Å². The van der Waals surface area contributed by atoms with Crippen LogP contribution >= 0.6 is 0 Å². The summed E-state index contributed by atoms with van der Waals surface area (Å²) in [7, 11) is 1.69. The highest BCUT2D eigenvalue weighted by Crippen LogP contribution is 2.56. The molecule has 0 radical (unpaired) electrons. The van der Waals surface area contributed by atoms with Crippen molar-refractivity contribution >= 4 is 23.4 Å². The number of methoxy groups -OCH3 is 1. The van der Waals surface area contributed by atoms with Crippen LogP contribution in [0, 0.1) is 24.1 Å². The van der Waals surface area contributed by atoms with Crippen molar-refractivity contribution < 1.29 is 33.4 Å². The van der Waals surface area contributed by atoms with Crippen LogP contribution in [0.1, 0.15) is 119 Å². The van der Waals surface area contributed by atoms with Gasteiger partial charge in [0.25, 0.3) is 5.91 Å². The number of phenolic OH excluding ortho intramolecular Hbond substituents is 1. The molecule has 328 valence electrons. The Morgan fingerprint density at radius 1 is 0.889 bits per heavy atom. The lowest BCUT2D eigenvalue weighted by molar-refractivity contribution is -0.136. The molecule has 1 saturated carbocycles. The summed E-state index contributed by atoms with van der Waals surface area (Å²) >= 11 is 0. The molecule has 0 unspecified atom stereocenters. The molecule has 10 nitrogen and oxygen atoms in total. The number of aromatic hydroxyl groups is 1. The molecule has 4 aromatic rings. The Balaban J connectivity index is 0.719.